The number of carbonyl (C=O) groups is 1. The number of carbonyl (C=O) groups excluding carboxylic acids is 1. The standard InChI is InChI=1S/C15H18N4O3/c1-19(15(20)16-9-12-4-5-17-18-12)10-11-2-3-13-14(8-11)22-7-6-21-13/h2-5,8H,6-7,9-10H2,1H3,(H,16,20)(H,17,18). The lowest BCUT2D eigenvalue weighted by atomic mass is 10.2. The number of rotatable bonds is 4. The minimum Gasteiger partial charge on any atom is -0.486 e. The lowest BCUT2D eigenvalue weighted by Gasteiger charge is -2.21. The molecule has 0 radical (unpaired) electrons. The highest BCUT2D eigenvalue weighted by molar-refractivity contribution is 5.73. The molecular weight excluding hydrogens is 284 g/mol. The summed E-state index contributed by atoms with van der Waals surface area (Å²) in [6.45, 7) is 2.04. The van der Waals surface area contributed by atoms with Crippen LogP contribution in [0.5, 0.6) is 11.5 Å². The SMILES string of the molecule is CN(Cc1ccc2c(c1)OCCO2)C(=O)NCc1ccn[nH]1. The second kappa shape index (κ2) is 6.38. The summed E-state index contributed by atoms with van der Waals surface area (Å²) < 4.78 is 11.0. The van der Waals surface area contributed by atoms with Crippen molar-refractivity contribution in [3.63, 3.8) is 0 Å². The molecule has 0 fully saturated rings. The molecule has 3 rings (SSSR count). The van der Waals surface area contributed by atoms with E-state index in [-0.39, 0.29) is 6.03 Å². The zero-order chi connectivity index (χ0) is 15.4. The molecule has 2 N–H and O–H groups in total. The second-order valence-electron chi connectivity index (χ2n) is 5.07. The van der Waals surface area contributed by atoms with Gasteiger partial charge in [-0.1, -0.05) is 6.07 Å². The molecule has 2 amide bonds. The summed E-state index contributed by atoms with van der Waals surface area (Å²) in [7, 11) is 1.75. The van der Waals surface area contributed by atoms with Gasteiger partial charge >= 0.3 is 6.03 Å². The molecule has 1 aliphatic rings. The number of hydrogen-bond acceptors (Lipinski definition) is 4. The Morgan fingerprint density at radius 1 is 1.32 bits per heavy atom. The molecule has 1 aromatic carbocycles. The summed E-state index contributed by atoms with van der Waals surface area (Å²) in [5.74, 6) is 1.48. The Kier molecular flexibility index (Phi) is 4.13. The summed E-state index contributed by atoms with van der Waals surface area (Å²) in [6, 6.07) is 7.39. The molecular formula is C15H18N4O3. The number of hydrogen-bond donors (Lipinski definition) is 2. The van der Waals surface area contributed by atoms with E-state index >= 15 is 0 Å². The Morgan fingerprint density at radius 2 is 2.14 bits per heavy atom. The molecule has 116 valence electrons. The van der Waals surface area contributed by atoms with Gasteiger partial charge in [0.15, 0.2) is 11.5 Å². The van der Waals surface area contributed by atoms with Gasteiger partial charge in [-0.2, -0.15) is 5.10 Å². The fraction of sp³-hybridized carbons (Fsp3) is 0.333. The Labute approximate surface area is 128 Å². The average molecular weight is 302 g/mol. The van der Waals surface area contributed by atoms with Crippen LogP contribution >= 0.6 is 0 Å². The van der Waals surface area contributed by atoms with Crippen LogP contribution in [-0.4, -0.2) is 41.4 Å². The molecule has 0 unspecified atom stereocenters. The third-order valence-corrected chi connectivity index (χ3v) is 3.36. The van der Waals surface area contributed by atoms with Crippen LogP contribution in [0.25, 0.3) is 0 Å². The molecule has 0 spiro atoms. The molecule has 2 heterocycles. The average Bonchev–Trinajstić information content (AvgIpc) is 3.06. The van der Waals surface area contributed by atoms with Crippen molar-refractivity contribution in [1.29, 1.82) is 0 Å². The molecule has 7 nitrogen and oxygen atoms in total. The molecule has 0 aliphatic carbocycles. The summed E-state index contributed by atoms with van der Waals surface area (Å²) >= 11 is 0. The molecule has 1 aromatic heterocycles. The molecule has 1 aliphatic heterocycles. The van der Waals surface area contributed by atoms with Crippen LogP contribution in [0.15, 0.2) is 30.5 Å². The van der Waals surface area contributed by atoms with Crippen molar-refractivity contribution in [3.8, 4) is 11.5 Å². The van der Waals surface area contributed by atoms with Gasteiger partial charge in [-0.25, -0.2) is 4.79 Å². The third kappa shape index (κ3) is 3.30. The van der Waals surface area contributed by atoms with Gasteiger partial charge in [-0.15, -0.1) is 0 Å². The summed E-state index contributed by atoms with van der Waals surface area (Å²) in [5.41, 5.74) is 1.85. The van der Waals surface area contributed by atoms with Gasteiger partial charge in [0.1, 0.15) is 13.2 Å². The van der Waals surface area contributed by atoms with Crippen molar-refractivity contribution in [1.82, 2.24) is 20.4 Å². The van der Waals surface area contributed by atoms with Crippen LogP contribution in [0.3, 0.4) is 0 Å². The highest BCUT2D eigenvalue weighted by Crippen LogP contribution is 2.30. The van der Waals surface area contributed by atoms with Gasteiger partial charge < -0.3 is 19.7 Å². The maximum absolute atomic E-state index is 12.1. The second-order valence-corrected chi connectivity index (χ2v) is 5.07. The first-order valence-corrected chi connectivity index (χ1v) is 7.08. The quantitative estimate of drug-likeness (QED) is 0.897. The highest BCUT2D eigenvalue weighted by atomic mass is 16.6. The zero-order valence-corrected chi connectivity index (χ0v) is 12.3. The summed E-state index contributed by atoms with van der Waals surface area (Å²) in [5, 5.41) is 9.47. The van der Waals surface area contributed by atoms with Crippen molar-refractivity contribution in [3.05, 3.63) is 41.7 Å². The number of benzene rings is 1. The maximum atomic E-state index is 12.1. The number of aromatic nitrogens is 2. The van der Waals surface area contributed by atoms with Gasteiger partial charge in [-0.3, -0.25) is 5.10 Å². The number of nitrogens with zero attached hydrogens (tertiary/aromatic N) is 2. The minimum absolute atomic E-state index is 0.149. The molecule has 7 heteroatoms. The number of nitrogens with one attached hydrogen (secondary N) is 2. The van der Waals surface area contributed by atoms with E-state index in [4.69, 9.17) is 9.47 Å². The number of fused-ring (bicyclic) bond motifs is 1. The molecule has 2 aromatic rings. The number of ether oxygens (including phenoxy) is 2. The van der Waals surface area contributed by atoms with E-state index < -0.39 is 0 Å². The van der Waals surface area contributed by atoms with Gasteiger partial charge in [0.25, 0.3) is 0 Å². The van der Waals surface area contributed by atoms with E-state index in [1.54, 1.807) is 18.1 Å². The molecule has 0 saturated heterocycles. The Morgan fingerprint density at radius 3 is 2.91 bits per heavy atom. The van der Waals surface area contributed by atoms with Crippen LogP contribution < -0.4 is 14.8 Å². The van der Waals surface area contributed by atoms with Crippen molar-refractivity contribution in [2.24, 2.45) is 0 Å². The van der Waals surface area contributed by atoms with Crippen LogP contribution in [0.1, 0.15) is 11.3 Å². The van der Waals surface area contributed by atoms with E-state index in [0.717, 1.165) is 22.8 Å². The monoisotopic (exact) mass is 302 g/mol. The Hall–Kier alpha value is -2.70. The first-order valence-electron chi connectivity index (χ1n) is 7.08. The van der Waals surface area contributed by atoms with E-state index in [1.807, 2.05) is 24.3 Å². The van der Waals surface area contributed by atoms with Gasteiger partial charge in [0, 0.05) is 19.8 Å². The van der Waals surface area contributed by atoms with E-state index in [2.05, 4.69) is 15.5 Å². The van der Waals surface area contributed by atoms with Crippen molar-refractivity contribution < 1.29 is 14.3 Å². The minimum atomic E-state index is -0.149. The first-order chi connectivity index (χ1) is 10.7. The molecule has 22 heavy (non-hydrogen) atoms. The van der Waals surface area contributed by atoms with Crippen molar-refractivity contribution in [2.45, 2.75) is 13.1 Å². The molecule has 0 bridgehead atoms. The third-order valence-electron chi connectivity index (χ3n) is 3.36. The smallest absolute Gasteiger partial charge is 0.317 e. The lowest BCUT2D eigenvalue weighted by molar-refractivity contribution is 0.171. The van der Waals surface area contributed by atoms with Crippen LogP contribution in [0.4, 0.5) is 4.79 Å². The van der Waals surface area contributed by atoms with Gasteiger partial charge in [-0.05, 0) is 23.8 Å². The van der Waals surface area contributed by atoms with E-state index in [1.165, 1.54) is 0 Å². The van der Waals surface area contributed by atoms with Gasteiger partial charge in [0.05, 0.1) is 12.2 Å². The summed E-state index contributed by atoms with van der Waals surface area (Å²) in [6.07, 6.45) is 1.65. The normalized spacial score (nSPS) is 12.8. The van der Waals surface area contributed by atoms with Crippen LogP contribution in [-0.2, 0) is 13.1 Å². The topological polar surface area (TPSA) is 79.5 Å². The number of amides is 2. The van der Waals surface area contributed by atoms with E-state index in [9.17, 15) is 4.79 Å². The predicted octanol–water partition coefficient (Wildman–Crippen LogP) is 1.52. The number of urea groups is 1. The largest absolute Gasteiger partial charge is 0.486 e. The number of aromatic amines is 1. The van der Waals surface area contributed by atoms with Crippen LogP contribution in [0, 0.1) is 0 Å². The predicted molar refractivity (Wildman–Crippen MR) is 79.7 cm³/mol. The van der Waals surface area contributed by atoms with Crippen LogP contribution in [0.2, 0.25) is 0 Å². The summed E-state index contributed by atoms with van der Waals surface area (Å²) in [4.78, 5) is 13.7. The van der Waals surface area contributed by atoms with E-state index in [0.29, 0.717) is 26.3 Å². The molecule has 0 saturated carbocycles. The first kappa shape index (κ1) is 14.2. The zero-order valence-electron chi connectivity index (χ0n) is 12.3. The fourth-order valence-corrected chi connectivity index (χ4v) is 2.22. The van der Waals surface area contributed by atoms with Gasteiger partial charge in [0.2, 0.25) is 0 Å². The lowest BCUT2D eigenvalue weighted by Crippen LogP contribution is -2.36. The highest BCUT2D eigenvalue weighted by Gasteiger charge is 2.14. The fourth-order valence-electron chi connectivity index (χ4n) is 2.22. The van der Waals surface area contributed by atoms with Crippen molar-refractivity contribution in [2.75, 3.05) is 20.3 Å². The maximum Gasteiger partial charge on any atom is 0.317 e. The van der Waals surface area contributed by atoms with Crippen molar-refractivity contribution >= 4 is 6.03 Å². The number of H-pyrrole nitrogens is 1. The Balaban J connectivity index is 1.56. The molecule has 0 atom stereocenters. The Bertz CT molecular complexity index is 642.